The minimum Gasteiger partial charge on any atom is -0.465 e. The van der Waals surface area contributed by atoms with Crippen LogP contribution >= 0.6 is 0 Å². The predicted octanol–water partition coefficient (Wildman–Crippen LogP) is 3.14. The zero-order chi connectivity index (χ0) is 17.8. The molecular weight excluding hydrogens is 337 g/mol. The standard InChI is InChI=1S/C16H15F3N4O2/c17-16(18,19)15(5-6-15)13-20-12(21-22-13)10-3-1-9(2-4-10)11-7-23(8-11)14(24)25/h1-4,11H,5-8H2,(H,24,25)(H,20,21,22). The van der Waals surface area contributed by atoms with Crippen LogP contribution in [0.1, 0.15) is 30.1 Å². The highest BCUT2D eigenvalue weighted by Crippen LogP contribution is 2.57. The van der Waals surface area contributed by atoms with Crippen LogP contribution in [0.15, 0.2) is 24.3 Å². The average Bonchev–Trinajstić information content (AvgIpc) is 3.18. The van der Waals surface area contributed by atoms with Crippen molar-refractivity contribution in [3.63, 3.8) is 0 Å². The second-order valence-corrected chi connectivity index (χ2v) is 6.59. The first-order valence-corrected chi connectivity index (χ1v) is 7.88. The molecule has 6 nitrogen and oxygen atoms in total. The molecule has 0 radical (unpaired) electrons. The van der Waals surface area contributed by atoms with Crippen molar-refractivity contribution < 1.29 is 23.1 Å². The summed E-state index contributed by atoms with van der Waals surface area (Å²) in [5, 5.41) is 15.2. The van der Waals surface area contributed by atoms with E-state index in [-0.39, 0.29) is 30.4 Å². The molecule has 1 aromatic heterocycles. The highest BCUT2D eigenvalue weighted by molar-refractivity contribution is 5.66. The molecule has 1 saturated heterocycles. The Morgan fingerprint density at radius 3 is 2.40 bits per heavy atom. The molecule has 4 rings (SSSR count). The molecular formula is C16H15F3N4O2. The Kier molecular flexibility index (Phi) is 3.32. The second kappa shape index (κ2) is 5.21. The number of benzene rings is 1. The van der Waals surface area contributed by atoms with Gasteiger partial charge in [-0.2, -0.15) is 18.3 Å². The first kappa shape index (κ1) is 15.9. The quantitative estimate of drug-likeness (QED) is 0.889. The van der Waals surface area contributed by atoms with Gasteiger partial charge in [-0.25, -0.2) is 9.78 Å². The van der Waals surface area contributed by atoms with Gasteiger partial charge < -0.3 is 10.0 Å². The molecule has 132 valence electrons. The lowest BCUT2D eigenvalue weighted by atomic mass is 9.91. The zero-order valence-corrected chi connectivity index (χ0v) is 13.0. The van der Waals surface area contributed by atoms with E-state index < -0.39 is 17.7 Å². The number of carbonyl (C=O) groups is 1. The van der Waals surface area contributed by atoms with Gasteiger partial charge in [0, 0.05) is 24.6 Å². The van der Waals surface area contributed by atoms with Crippen molar-refractivity contribution in [1.82, 2.24) is 20.1 Å². The molecule has 1 aliphatic heterocycles. The number of amides is 1. The van der Waals surface area contributed by atoms with Crippen LogP contribution in [-0.2, 0) is 5.41 Å². The largest absolute Gasteiger partial charge is 0.465 e. The number of likely N-dealkylation sites (tertiary alicyclic amines) is 1. The summed E-state index contributed by atoms with van der Waals surface area (Å²) in [5.74, 6) is 0.251. The number of alkyl halides is 3. The molecule has 1 aliphatic carbocycles. The van der Waals surface area contributed by atoms with E-state index in [1.165, 1.54) is 4.90 Å². The van der Waals surface area contributed by atoms with E-state index in [2.05, 4.69) is 15.2 Å². The number of carboxylic acid groups (broad SMARTS) is 1. The van der Waals surface area contributed by atoms with Gasteiger partial charge in [0.15, 0.2) is 5.82 Å². The number of nitrogens with one attached hydrogen (secondary N) is 1. The number of hydrogen-bond donors (Lipinski definition) is 2. The maximum absolute atomic E-state index is 13.1. The number of hydrogen-bond acceptors (Lipinski definition) is 3. The normalized spacial score (nSPS) is 19.6. The lowest BCUT2D eigenvalue weighted by Crippen LogP contribution is -2.47. The van der Waals surface area contributed by atoms with E-state index in [1.807, 2.05) is 12.1 Å². The molecule has 2 fully saturated rings. The SMILES string of the molecule is O=C(O)N1CC(c2ccc(-c3n[nH]c(C4(C(F)(F)F)CC4)n3)cc2)C1. The summed E-state index contributed by atoms with van der Waals surface area (Å²) in [7, 11) is 0. The molecule has 1 saturated carbocycles. The molecule has 0 unspecified atom stereocenters. The van der Waals surface area contributed by atoms with Gasteiger partial charge in [0.25, 0.3) is 0 Å². The van der Waals surface area contributed by atoms with Crippen LogP contribution in [0, 0.1) is 0 Å². The summed E-state index contributed by atoms with van der Waals surface area (Å²) >= 11 is 0. The van der Waals surface area contributed by atoms with Gasteiger partial charge in [-0.3, -0.25) is 5.10 Å². The highest BCUT2D eigenvalue weighted by Gasteiger charge is 2.66. The maximum atomic E-state index is 13.1. The van der Waals surface area contributed by atoms with Crippen molar-refractivity contribution in [3.05, 3.63) is 35.7 Å². The molecule has 0 atom stereocenters. The Morgan fingerprint density at radius 2 is 1.88 bits per heavy atom. The van der Waals surface area contributed by atoms with Crippen LogP contribution in [0.25, 0.3) is 11.4 Å². The van der Waals surface area contributed by atoms with Gasteiger partial charge in [-0.05, 0) is 18.4 Å². The Labute approximate surface area is 140 Å². The number of H-pyrrole nitrogens is 1. The average molecular weight is 352 g/mol. The molecule has 0 spiro atoms. The van der Waals surface area contributed by atoms with Gasteiger partial charge in [0.05, 0.1) is 0 Å². The molecule has 2 heterocycles. The molecule has 0 bridgehead atoms. The van der Waals surface area contributed by atoms with Crippen molar-refractivity contribution in [1.29, 1.82) is 0 Å². The first-order valence-electron chi connectivity index (χ1n) is 7.88. The third-order valence-corrected chi connectivity index (χ3v) is 5.02. The molecule has 2 aromatic rings. The van der Waals surface area contributed by atoms with E-state index >= 15 is 0 Å². The Balaban J connectivity index is 1.50. The Morgan fingerprint density at radius 1 is 1.24 bits per heavy atom. The van der Waals surface area contributed by atoms with Crippen molar-refractivity contribution in [2.75, 3.05) is 13.1 Å². The van der Waals surface area contributed by atoms with Gasteiger partial charge in [0.1, 0.15) is 11.2 Å². The number of aromatic nitrogens is 3. The predicted molar refractivity (Wildman–Crippen MR) is 81.1 cm³/mol. The molecule has 2 N–H and O–H groups in total. The van der Waals surface area contributed by atoms with Crippen LogP contribution in [0.4, 0.5) is 18.0 Å². The highest BCUT2D eigenvalue weighted by atomic mass is 19.4. The molecule has 9 heteroatoms. The number of halogens is 3. The van der Waals surface area contributed by atoms with Gasteiger partial charge >= 0.3 is 12.3 Å². The smallest absolute Gasteiger partial charge is 0.407 e. The molecule has 1 amide bonds. The minimum atomic E-state index is -4.33. The van der Waals surface area contributed by atoms with Crippen LogP contribution in [0.3, 0.4) is 0 Å². The Bertz CT molecular complexity index is 806. The molecule has 2 aliphatic rings. The summed E-state index contributed by atoms with van der Waals surface area (Å²) in [6, 6.07) is 7.18. The summed E-state index contributed by atoms with van der Waals surface area (Å²) < 4.78 is 39.4. The van der Waals surface area contributed by atoms with Crippen molar-refractivity contribution in [3.8, 4) is 11.4 Å². The third-order valence-electron chi connectivity index (χ3n) is 5.02. The monoisotopic (exact) mass is 352 g/mol. The van der Waals surface area contributed by atoms with Crippen LogP contribution in [-0.4, -0.2) is 50.5 Å². The number of aromatic amines is 1. The van der Waals surface area contributed by atoms with Gasteiger partial charge in [0.2, 0.25) is 0 Å². The van der Waals surface area contributed by atoms with Crippen molar-refractivity contribution >= 4 is 6.09 Å². The fraction of sp³-hybridized carbons (Fsp3) is 0.438. The fourth-order valence-corrected chi connectivity index (χ4v) is 3.13. The maximum Gasteiger partial charge on any atom is 0.407 e. The van der Waals surface area contributed by atoms with E-state index in [0.29, 0.717) is 18.7 Å². The zero-order valence-electron chi connectivity index (χ0n) is 13.0. The van der Waals surface area contributed by atoms with E-state index in [1.54, 1.807) is 12.1 Å². The summed E-state index contributed by atoms with van der Waals surface area (Å²) in [4.78, 5) is 16.2. The fourth-order valence-electron chi connectivity index (χ4n) is 3.13. The number of nitrogens with zero attached hydrogens (tertiary/aromatic N) is 3. The third kappa shape index (κ3) is 2.54. The van der Waals surface area contributed by atoms with Crippen LogP contribution in [0.2, 0.25) is 0 Å². The van der Waals surface area contributed by atoms with E-state index in [9.17, 15) is 18.0 Å². The summed E-state index contributed by atoms with van der Waals surface area (Å²) in [6.07, 6.45) is -5.19. The topological polar surface area (TPSA) is 82.1 Å². The van der Waals surface area contributed by atoms with Crippen molar-refractivity contribution in [2.45, 2.75) is 30.4 Å². The van der Waals surface area contributed by atoms with E-state index in [4.69, 9.17) is 5.11 Å². The lowest BCUT2D eigenvalue weighted by Gasteiger charge is -2.37. The Hall–Kier alpha value is -2.58. The van der Waals surface area contributed by atoms with Crippen LogP contribution < -0.4 is 0 Å². The minimum absolute atomic E-state index is 0.0336. The summed E-state index contributed by atoms with van der Waals surface area (Å²) in [6.45, 7) is 0.904. The number of rotatable bonds is 3. The van der Waals surface area contributed by atoms with E-state index in [0.717, 1.165) is 5.56 Å². The molecule has 25 heavy (non-hydrogen) atoms. The summed E-state index contributed by atoms with van der Waals surface area (Å²) in [5.41, 5.74) is -0.255. The van der Waals surface area contributed by atoms with Crippen molar-refractivity contribution in [2.24, 2.45) is 0 Å². The van der Waals surface area contributed by atoms with Crippen LogP contribution in [0.5, 0.6) is 0 Å². The lowest BCUT2D eigenvalue weighted by molar-refractivity contribution is -0.162. The second-order valence-electron chi connectivity index (χ2n) is 6.59. The van der Waals surface area contributed by atoms with Gasteiger partial charge in [-0.1, -0.05) is 24.3 Å². The van der Waals surface area contributed by atoms with Gasteiger partial charge in [-0.15, -0.1) is 0 Å². The first-order chi connectivity index (χ1) is 11.8. The molecule has 1 aromatic carbocycles.